The van der Waals surface area contributed by atoms with E-state index in [1.807, 2.05) is 6.92 Å². The van der Waals surface area contributed by atoms with Crippen molar-refractivity contribution in [1.82, 2.24) is 4.98 Å². The molecule has 0 atom stereocenters. The van der Waals surface area contributed by atoms with Crippen LogP contribution in [0, 0.1) is 6.92 Å². The molecule has 1 aromatic rings. The second-order valence-corrected chi connectivity index (χ2v) is 5.42. The molecular formula is C14H23NOS. The minimum absolute atomic E-state index is 0.276. The Morgan fingerprint density at radius 2 is 1.82 bits per heavy atom. The molecule has 0 fully saturated rings. The van der Waals surface area contributed by atoms with Gasteiger partial charge in [0, 0.05) is 6.42 Å². The molecular weight excluding hydrogens is 230 g/mol. The maximum Gasteiger partial charge on any atom is 0.174 e. The van der Waals surface area contributed by atoms with E-state index in [0.29, 0.717) is 6.42 Å². The highest BCUT2D eigenvalue weighted by atomic mass is 32.1. The molecule has 0 saturated carbocycles. The van der Waals surface area contributed by atoms with Gasteiger partial charge in [-0.3, -0.25) is 4.79 Å². The second kappa shape index (κ2) is 8.40. The van der Waals surface area contributed by atoms with E-state index in [9.17, 15) is 4.79 Å². The van der Waals surface area contributed by atoms with Crippen molar-refractivity contribution in [2.24, 2.45) is 0 Å². The summed E-state index contributed by atoms with van der Waals surface area (Å²) in [6.45, 7) is 4.14. The SMILES string of the molecule is CCCCCCCCCC(=O)c1scnc1C. The molecule has 0 amide bonds. The molecule has 0 aliphatic carbocycles. The highest BCUT2D eigenvalue weighted by molar-refractivity contribution is 7.11. The summed E-state index contributed by atoms with van der Waals surface area (Å²) < 4.78 is 0. The zero-order valence-electron chi connectivity index (χ0n) is 11.0. The third kappa shape index (κ3) is 5.44. The van der Waals surface area contributed by atoms with Crippen molar-refractivity contribution >= 4 is 17.1 Å². The summed E-state index contributed by atoms with van der Waals surface area (Å²) in [5.41, 5.74) is 2.65. The van der Waals surface area contributed by atoms with Crippen LogP contribution in [0.2, 0.25) is 0 Å². The van der Waals surface area contributed by atoms with Crippen LogP contribution in [0.4, 0.5) is 0 Å². The van der Waals surface area contributed by atoms with E-state index in [2.05, 4.69) is 11.9 Å². The largest absolute Gasteiger partial charge is 0.293 e. The van der Waals surface area contributed by atoms with Crippen molar-refractivity contribution in [3.8, 4) is 0 Å². The fraction of sp³-hybridized carbons (Fsp3) is 0.714. The van der Waals surface area contributed by atoms with Crippen LogP contribution in [0.5, 0.6) is 0 Å². The Morgan fingerprint density at radius 3 is 2.41 bits per heavy atom. The van der Waals surface area contributed by atoms with Crippen LogP contribution >= 0.6 is 11.3 Å². The summed E-state index contributed by atoms with van der Waals surface area (Å²) in [5, 5.41) is 0. The van der Waals surface area contributed by atoms with E-state index in [-0.39, 0.29) is 5.78 Å². The van der Waals surface area contributed by atoms with E-state index in [1.165, 1.54) is 49.9 Å². The lowest BCUT2D eigenvalue weighted by Gasteiger charge is -2.01. The van der Waals surface area contributed by atoms with Gasteiger partial charge in [-0.05, 0) is 13.3 Å². The quantitative estimate of drug-likeness (QED) is 0.468. The number of rotatable bonds is 9. The predicted molar refractivity (Wildman–Crippen MR) is 73.8 cm³/mol. The number of nitrogens with zero attached hydrogens (tertiary/aromatic N) is 1. The van der Waals surface area contributed by atoms with Crippen LogP contribution in [0.1, 0.15) is 73.7 Å². The first-order valence-electron chi connectivity index (χ1n) is 6.69. The number of hydrogen-bond donors (Lipinski definition) is 0. The van der Waals surface area contributed by atoms with Gasteiger partial charge in [0.2, 0.25) is 0 Å². The molecule has 0 unspecified atom stereocenters. The van der Waals surface area contributed by atoms with Crippen LogP contribution in [0.3, 0.4) is 0 Å². The van der Waals surface area contributed by atoms with E-state index < -0.39 is 0 Å². The normalized spacial score (nSPS) is 10.7. The first kappa shape index (κ1) is 14.4. The third-order valence-corrected chi connectivity index (χ3v) is 3.98. The number of thiazole rings is 1. The first-order chi connectivity index (χ1) is 8.25. The highest BCUT2D eigenvalue weighted by Gasteiger charge is 2.10. The van der Waals surface area contributed by atoms with Gasteiger partial charge >= 0.3 is 0 Å². The number of carbonyl (C=O) groups excluding carboxylic acids is 1. The van der Waals surface area contributed by atoms with Crippen molar-refractivity contribution in [1.29, 1.82) is 0 Å². The molecule has 3 heteroatoms. The Morgan fingerprint density at radius 1 is 1.18 bits per heavy atom. The summed E-state index contributed by atoms with van der Waals surface area (Å²) in [6.07, 6.45) is 9.49. The molecule has 0 saturated heterocycles. The number of carbonyl (C=O) groups is 1. The Labute approximate surface area is 108 Å². The summed E-state index contributed by atoms with van der Waals surface area (Å²) in [7, 11) is 0. The zero-order chi connectivity index (χ0) is 12.5. The van der Waals surface area contributed by atoms with Gasteiger partial charge in [0.15, 0.2) is 5.78 Å². The van der Waals surface area contributed by atoms with Gasteiger partial charge in [0.1, 0.15) is 0 Å². The summed E-state index contributed by atoms with van der Waals surface area (Å²) in [4.78, 5) is 16.8. The van der Waals surface area contributed by atoms with Gasteiger partial charge in [-0.25, -0.2) is 4.98 Å². The molecule has 0 N–H and O–H groups in total. The first-order valence-corrected chi connectivity index (χ1v) is 7.57. The Bertz CT molecular complexity index is 333. The van der Waals surface area contributed by atoms with Crippen molar-refractivity contribution in [3.63, 3.8) is 0 Å². The summed E-state index contributed by atoms with van der Waals surface area (Å²) in [5.74, 6) is 0.276. The van der Waals surface area contributed by atoms with Gasteiger partial charge in [-0.2, -0.15) is 0 Å². The van der Waals surface area contributed by atoms with E-state index in [1.54, 1.807) is 5.51 Å². The molecule has 0 spiro atoms. The fourth-order valence-corrected chi connectivity index (χ4v) is 2.70. The van der Waals surface area contributed by atoms with E-state index in [0.717, 1.165) is 17.0 Å². The molecule has 96 valence electrons. The molecule has 17 heavy (non-hydrogen) atoms. The lowest BCUT2D eigenvalue weighted by Crippen LogP contribution is -1.98. The number of ketones is 1. The van der Waals surface area contributed by atoms with E-state index in [4.69, 9.17) is 0 Å². The van der Waals surface area contributed by atoms with Crippen molar-refractivity contribution in [3.05, 3.63) is 16.1 Å². The van der Waals surface area contributed by atoms with Crippen LogP contribution in [0.25, 0.3) is 0 Å². The topological polar surface area (TPSA) is 30.0 Å². The lowest BCUT2D eigenvalue weighted by atomic mass is 10.1. The Kier molecular flexibility index (Phi) is 7.10. The molecule has 0 bridgehead atoms. The molecule has 0 radical (unpaired) electrons. The fourth-order valence-electron chi connectivity index (χ4n) is 1.93. The monoisotopic (exact) mass is 253 g/mol. The summed E-state index contributed by atoms with van der Waals surface area (Å²) in [6, 6.07) is 0. The van der Waals surface area contributed by atoms with Crippen molar-refractivity contribution in [2.75, 3.05) is 0 Å². The minimum atomic E-state index is 0.276. The van der Waals surface area contributed by atoms with Gasteiger partial charge in [0.05, 0.1) is 16.1 Å². The maximum absolute atomic E-state index is 11.8. The van der Waals surface area contributed by atoms with Gasteiger partial charge in [0.25, 0.3) is 0 Å². The molecule has 1 heterocycles. The molecule has 0 aliphatic rings. The molecule has 1 aromatic heterocycles. The van der Waals surface area contributed by atoms with Gasteiger partial charge in [-0.15, -0.1) is 11.3 Å². The average Bonchev–Trinajstić information content (AvgIpc) is 2.74. The Hall–Kier alpha value is -0.700. The van der Waals surface area contributed by atoms with Crippen LogP contribution in [0.15, 0.2) is 5.51 Å². The highest BCUT2D eigenvalue weighted by Crippen LogP contribution is 2.17. The van der Waals surface area contributed by atoms with Crippen LogP contribution in [-0.4, -0.2) is 10.8 Å². The van der Waals surface area contributed by atoms with Crippen molar-refractivity contribution < 1.29 is 4.79 Å². The van der Waals surface area contributed by atoms with E-state index >= 15 is 0 Å². The van der Waals surface area contributed by atoms with Gasteiger partial charge in [-0.1, -0.05) is 45.4 Å². The molecule has 0 aliphatic heterocycles. The molecule has 0 aromatic carbocycles. The average molecular weight is 253 g/mol. The van der Waals surface area contributed by atoms with Crippen molar-refractivity contribution in [2.45, 2.75) is 65.2 Å². The zero-order valence-corrected chi connectivity index (χ0v) is 11.8. The number of aryl methyl sites for hydroxylation is 1. The Balaban J connectivity index is 2.07. The number of unbranched alkanes of at least 4 members (excludes halogenated alkanes) is 6. The predicted octanol–water partition coefficient (Wildman–Crippen LogP) is 4.77. The lowest BCUT2D eigenvalue weighted by molar-refractivity contribution is 0.0982. The number of Topliss-reactive ketones (excluding diaryl/α,β-unsaturated/α-hetero) is 1. The summed E-state index contributed by atoms with van der Waals surface area (Å²) >= 11 is 1.47. The molecule has 2 nitrogen and oxygen atoms in total. The van der Waals surface area contributed by atoms with Gasteiger partial charge < -0.3 is 0 Å². The van der Waals surface area contributed by atoms with Crippen LogP contribution in [-0.2, 0) is 0 Å². The minimum Gasteiger partial charge on any atom is -0.293 e. The maximum atomic E-state index is 11.8. The molecule has 1 rings (SSSR count). The standard InChI is InChI=1S/C14H23NOS/c1-3-4-5-6-7-8-9-10-13(16)14-12(2)15-11-17-14/h11H,3-10H2,1-2H3. The number of hydrogen-bond acceptors (Lipinski definition) is 3. The van der Waals surface area contributed by atoms with Crippen LogP contribution < -0.4 is 0 Å². The third-order valence-electron chi connectivity index (χ3n) is 3.01. The smallest absolute Gasteiger partial charge is 0.174 e. The second-order valence-electron chi connectivity index (χ2n) is 4.56. The number of aromatic nitrogens is 1.